The predicted octanol–water partition coefficient (Wildman–Crippen LogP) is 2.49. The molecule has 0 saturated carbocycles. The van der Waals surface area contributed by atoms with Gasteiger partial charge in [0, 0.05) is 25.8 Å². The average Bonchev–Trinajstić information content (AvgIpc) is 2.41. The van der Waals surface area contributed by atoms with Crippen molar-refractivity contribution in [3.8, 4) is 0 Å². The standard InChI is InChI=1S/C13H17BrFN3O/c1-19-8-4-6-18(7-5-8)10-3-2-9(13(16)17)11(14)12(10)15/h2-3,8H,4-7H2,1H3,(H3,16,17). The number of amidine groups is 1. The van der Waals surface area contributed by atoms with E-state index in [4.69, 9.17) is 15.9 Å². The highest BCUT2D eigenvalue weighted by atomic mass is 79.9. The molecule has 1 aliphatic heterocycles. The molecule has 0 aromatic heterocycles. The molecule has 6 heteroatoms. The zero-order chi connectivity index (χ0) is 14.0. The Hall–Kier alpha value is -1.14. The molecule has 2 rings (SSSR count). The number of piperidine rings is 1. The SMILES string of the molecule is COC1CCN(c2ccc(C(=N)N)c(Br)c2F)CC1. The van der Waals surface area contributed by atoms with Crippen LogP contribution in [0.1, 0.15) is 18.4 Å². The van der Waals surface area contributed by atoms with Crippen LogP contribution in [0.3, 0.4) is 0 Å². The van der Waals surface area contributed by atoms with E-state index >= 15 is 0 Å². The molecule has 0 radical (unpaired) electrons. The van der Waals surface area contributed by atoms with E-state index in [1.807, 2.05) is 4.90 Å². The van der Waals surface area contributed by atoms with E-state index in [1.54, 1.807) is 19.2 Å². The van der Waals surface area contributed by atoms with Crippen LogP contribution in [0.15, 0.2) is 16.6 Å². The van der Waals surface area contributed by atoms with E-state index in [0.717, 1.165) is 25.9 Å². The molecule has 1 aromatic carbocycles. The zero-order valence-corrected chi connectivity index (χ0v) is 12.3. The second-order valence-corrected chi connectivity index (χ2v) is 5.39. The maximum absolute atomic E-state index is 14.3. The minimum Gasteiger partial charge on any atom is -0.384 e. The third kappa shape index (κ3) is 2.90. The number of nitrogen functional groups attached to an aromatic ring is 1. The van der Waals surface area contributed by atoms with E-state index in [9.17, 15) is 4.39 Å². The highest BCUT2D eigenvalue weighted by Crippen LogP contribution is 2.31. The van der Waals surface area contributed by atoms with Gasteiger partial charge in [0.1, 0.15) is 5.84 Å². The van der Waals surface area contributed by atoms with Crippen LogP contribution in [-0.4, -0.2) is 32.1 Å². The number of rotatable bonds is 3. The highest BCUT2D eigenvalue weighted by Gasteiger charge is 2.23. The summed E-state index contributed by atoms with van der Waals surface area (Å²) in [6.45, 7) is 1.53. The van der Waals surface area contributed by atoms with Crippen molar-refractivity contribution in [2.24, 2.45) is 5.73 Å². The van der Waals surface area contributed by atoms with Gasteiger partial charge in [-0.05, 0) is 40.9 Å². The predicted molar refractivity (Wildman–Crippen MR) is 77.4 cm³/mol. The lowest BCUT2D eigenvalue weighted by molar-refractivity contribution is 0.0818. The van der Waals surface area contributed by atoms with Gasteiger partial charge in [0.05, 0.1) is 16.3 Å². The molecule has 3 N–H and O–H groups in total. The molecule has 19 heavy (non-hydrogen) atoms. The number of nitrogens with two attached hydrogens (primary N) is 1. The molecule has 1 aromatic rings. The van der Waals surface area contributed by atoms with Gasteiger partial charge in [0.25, 0.3) is 0 Å². The van der Waals surface area contributed by atoms with Gasteiger partial charge >= 0.3 is 0 Å². The first-order valence-electron chi connectivity index (χ1n) is 6.14. The first-order chi connectivity index (χ1) is 9.04. The van der Waals surface area contributed by atoms with Crippen LogP contribution in [0.5, 0.6) is 0 Å². The quantitative estimate of drug-likeness (QED) is 0.661. The van der Waals surface area contributed by atoms with Crippen molar-refractivity contribution in [2.75, 3.05) is 25.1 Å². The molecular weight excluding hydrogens is 313 g/mol. The lowest BCUT2D eigenvalue weighted by Gasteiger charge is -2.33. The molecule has 1 fully saturated rings. The summed E-state index contributed by atoms with van der Waals surface area (Å²) in [4.78, 5) is 2.00. The van der Waals surface area contributed by atoms with Crippen LogP contribution in [0.2, 0.25) is 0 Å². The Morgan fingerprint density at radius 1 is 1.47 bits per heavy atom. The number of hydrogen-bond donors (Lipinski definition) is 2. The van der Waals surface area contributed by atoms with Crippen molar-refractivity contribution in [2.45, 2.75) is 18.9 Å². The fourth-order valence-electron chi connectivity index (χ4n) is 2.32. The minimum atomic E-state index is -0.358. The Morgan fingerprint density at radius 3 is 2.63 bits per heavy atom. The number of benzene rings is 1. The van der Waals surface area contributed by atoms with Crippen LogP contribution in [-0.2, 0) is 4.74 Å². The molecule has 4 nitrogen and oxygen atoms in total. The summed E-state index contributed by atoms with van der Waals surface area (Å²) in [5, 5.41) is 7.39. The number of halogens is 2. The normalized spacial score (nSPS) is 16.7. The summed E-state index contributed by atoms with van der Waals surface area (Å²) < 4.78 is 19.9. The Kier molecular flexibility index (Phi) is 4.42. The van der Waals surface area contributed by atoms with Crippen LogP contribution < -0.4 is 10.6 Å². The molecule has 0 unspecified atom stereocenters. The molecule has 1 heterocycles. The summed E-state index contributed by atoms with van der Waals surface area (Å²) in [5.74, 6) is -0.501. The Morgan fingerprint density at radius 2 is 2.11 bits per heavy atom. The molecule has 104 valence electrons. The van der Waals surface area contributed by atoms with Crippen LogP contribution in [0.4, 0.5) is 10.1 Å². The van der Waals surface area contributed by atoms with Crippen molar-refractivity contribution in [3.63, 3.8) is 0 Å². The Balaban J connectivity index is 2.22. The summed E-state index contributed by atoms with van der Waals surface area (Å²) in [6.07, 6.45) is 2.04. The van der Waals surface area contributed by atoms with Gasteiger partial charge in [0.2, 0.25) is 0 Å². The van der Waals surface area contributed by atoms with Crippen molar-refractivity contribution < 1.29 is 9.13 Å². The molecule has 0 spiro atoms. The summed E-state index contributed by atoms with van der Waals surface area (Å²) >= 11 is 3.18. The van der Waals surface area contributed by atoms with Crippen molar-refractivity contribution >= 4 is 27.5 Å². The van der Waals surface area contributed by atoms with Crippen molar-refractivity contribution in [1.29, 1.82) is 5.41 Å². The maximum atomic E-state index is 14.3. The fraction of sp³-hybridized carbons (Fsp3) is 0.462. The molecule has 0 bridgehead atoms. The van der Waals surface area contributed by atoms with E-state index in [0.29, 0.717) is 11.3 Å². The first-order valence-corrected chi connectivity index (χ1v) is 6.94. The first kappa shape index (κ1) is 14.3. The average molecular weight is 330 g/mol. The van der Waals surface area contributed by atoms with Crippen molar-refractivity contribution in [3.05, 3.63) is 28.0 Å². The Labute approximate surface area is 120 Å². The summed E-state index contributed by atoms with van der Waals surface area (Å²) in [5.41, 5.74) is 6.33. The monoisotopic (exact) mass is 329 g/mol. The number of nitrogens with one attached hydrogen (secondary N) is 1. The van der Waals surface area contributed by atoms with Gasteiger partial charge in [-0.2, -0.15) is 0 Å². The molecule has 1 aliphatic rings. The Bertz CT molecular complexity index is 487. The zero-order valence-electron chi connectivity index (χ0n) is 10.7. The number of anilines is 1. The third-order valence-corrected chi connectivity index (χ3v) is 4.24. The fourth-order valence-corrected chi connectivity index (χ4v) is 2.87. The van der Waals surface area contributed by atoms with E-state index in [-0.39, 0.29) is 22.2 Å². The molecule has 1 saturated heterocycles. The smallest absolute Gasteiger partial charge is 0.161 e. The number of methoxy groups -OCH3 is 1. The molecule has 0 atom stereocenters. The maximum Gasteiger partial charge on any atom is 0.161 e. The molecule has 0 aliphatic carbocycles. The van der Waals surface area contributed by atoms with E-state index in [1.165, 1.54) is 0 Å². The largest absolute Gasteiger partial charge is 0.384 e. The molecule has 0 amide bonds. The summed E-state index contributed by atoms with van der Waals surface area (Å²) in [7, 11) is 1.71. The number of ether oxygens (including phenoxy) is 1. The van der Waals surface area contributed by atoms with Crippen LogP contribution >= 0.6 is 15.9 Å². The van der Waals surface area contributed by atoms with Gasteiger partial charge in [-0.1, -0.05) is 0 Å². The van der Waals surface area contributed by atoms with Crippen LogP contribution in [0, 0.1) is 11.2 Å². The van der Waals surface area contributed by atoms with Crippen molar-refractivity contribution in [1.82, 2.24) is 0 Å². The number of hydrogen-bond acceptors (Lipinski definition) is 3. The van der Waals surface area contributed by atoms with Gasteiger partial charge in [-0.3, -0.25) is 5.41 Å². The second kappa shape index (κ2) is 5.88. The second-order valence-electron chi connectivity index (χ2n) is 4.60. The van der Waals surface area contributed by atoms with Gasteiger partial charge < -0.3 is 15.4 Å². The minimum absolute atomic E-state index is 0.143. The van der Waals surface area contributed by atoms with Gasteiger partial charge in [-0.25, -0.2) is 4.39 Å². The molecular formula is C13H17BrFN3O. The van der Waals surface area contributed by atoms with Gasteiger partial charge in [-0.15, -0.1) is 0 Å². The van der Waals surface area contributed by atoms with E-state index < -0.39 is 0 Å². The number of nitrogens with zero attached hydrogens (tertiary/aromatic N) is 1. The summed E-state index contributed by atoms with van der Waals surface area (Å²) in [6, 6.07) is 3.36. The highest BCUT2D eigenvalue weighted by molar-refractivity contribution is 9.10. The lowest BCUT2D eigenvalue weighted by Crippen LogP contribution is -2.37. The third-order valence-electron chi connectivity index (χ3n) is 3.47. The lowest BCUT2D eigenvalue weighted by atomic mass is 10.1. The topological polar surface area (TPSA) is 62.3 Å². The van der Waals surface area contributed by atoms with E-state index in [2.05, 4.69) is 15.9 Å². The van der Waals surface area contributed by atoms with Crippen LogP contribution in [0.25, 0.3) is 0 Å². The van der Waals surface area contributed by atoms with Gasteiger partial charge in [0.15, 0.2) is 5.82 Å².